The van der Waals surface area contributed by atoms with E-state index in [1.54, 1.807) is 32.6 Å². The lowest BCUT2D eigenvalue weighted by molar-refractivity contribution is -0.127. The van der Waals surface area contributed by atoms with Gasteiger partial charge in [0.25, 0.3) is 5.91 Å². The Morgan fingerprint density at radius 2 is 1.81 bits per heavy atom. The Bertz CT molecular complexity index is 981. The SMILES string of the molecule is Cc1[nH]c(C(=O)N2CCC[C@H](C(=O)N[C@@H](C)c3ccccc3)C2)c(C)c1C(=O)OC(C)C. The van der Waals surface area contributed by atoms with Crippen molar-refractivity contribution in [3.8, 4) is 0 Å². The Morgan fingerprint density at radius 1 is 1.12 bits per heavy atom. The number of esters is 1. The number of likely N-dealkylation sites (tertiary alicyclic amines) is 1. The molecule has 1 aromatic carbocycles. The minimum absolute atomic E-state index is 0.0422. The van der Waals surface area contributed by atoms with E-state index >= 15 is 0 Å². The Balaban J connectivity index is 1.69. The zero-order valence-electron chi connectivity index (χ0n) is 19.5. The lowest BCUT2D eigenvalue weighted by Crippen LogP contribution is -2.46. The highest BCUT2D eigenvalue weighted by Crippen LogP contribution is 2.24. The number of carbonyl (C=O) groups excluding carboxylic acids is 3. The number of aromatic amines is 1. The molecule has 1 aliphatic rings. The number of carbonyl (C=O) groups is 3. The summed E-state index contributed by atoms with van der Waals surface area (Å²) >= 11 is 0. The van der Waals surface area contributed by atoms with Gasteiger partial charge in [0.05, 0.1) is 23.6 Å². The average Bonchev–Trinajstić information content (AvgIpc) is 3.07. The lowest BCUT2D eigenvalue weighted by atomic mass is 9.95. The van der Waals surface area contributed by atoms with E-state index in [0.29, 0.717) is 35.6 Å². The minimum atomic E-state index is -0.434. The van der Waals surface area contributed by atoms with Crippen LogP contribution in [0.25, 0.3) is 0 Å². The van der Waals surface area contributed by atoms with Crippen molar-refractivity contribution in [2.24, 2.45) is 5.92 Å². The van der Waals surface area contributed by atoms with E-state index in [1.165, 1.54) is 0 Å². The normalized spacial score (nSPS) is 17.2. The minimum Gasteiger partial charge on any atom is -0.459 e. The molecule has 2 atom stereocenters. The molecular formula is C25H33N3O4. The molecular weight excluding hydrogens is 406 g/mol. The van der Waals surface area contributed by atoms with Crippen molar-refractivity contribution in [3.05, 3.63) is 58.4 Å². The number of aromatic nitrogens is 1. The summed E-state index contributed by atoms with van der Waals surface area (Å²) in [6.07, 6.45) is 1.26. The molecule has 7 nitrogen and oxygen atoms in total. The third-order valence-corrected chi connectivity index (χ3v) is 5.94. The van der Waals surface area contributed by atoms with Crippen molar-refractivity contribution < 1.29 is 19.1 Å². The van der Waals surface area contributed by atoms with Gasteiger partial charge in [0.2, 0.25) is 5.91 Å². The Hall–Kier alpha value is -3.09. The maximum absolute atomic E-state index is 13.3. The molecule has 0 spiro atoms. The number of nitrogens with zero attached hydrogens (tertiary/aromatic N) is 1. The van der Waals surface area contributed by atoms with Crippen molar-refractivity contribution in [1.82, 2.24) is 15.2 Å². The molecule has 1 fully saturated rings. The first-order valence-electron chi connectivity index (χ1n) is 11.2. The van der Waals surface area contributed by atoms with Gasteiger partial charge in [0.15, 0.2) is 0 Å². The number of H-pyrrole nitrogens is 1. The monoisotopic (exact) mass is 439 g/mol. The standard InChI is InChI=1S/C25H33N3O4/c1-15(2)32-25(31)21-16(3)22(26-18(21)5)24(30)28-13-9-12-20(14-28)23(29)27-17(4)19-10-7-6-8-11-19/h6-8,10-11,15,17,20,26H,9,12-14H2,1-5H3,(H,27,29)/t17-,20-/m0/s1. The molecule has 3 rings (SSSR count). The van der Waals surface area contributed by atoms with Crippen molar-refractivity contribution in [2.45, 2.75) is 59.6 Å². The van der Waals surface area contributed by atoms with E-state index < -0.39 is 5.97 Å². The van der Waals surface area contributed by atoms with Crippen LogP contribution < -0.4 is 5.32 Å². The van der Waals surface area contributed by atoms with Gasteiger partial charge < -0.3 is 19.9 Å². The van der Waals surface area contributed by atoms with Gasteiger partial charge in [-0.2, -0.15) is 0 Å². The molecule has 0 radical (unpaired) electrons. The molecule has 2 N–H and O–H groups in total. The summed E-state index contributed by atoms with van der Waals surface area (Å²) in [4.78, 5) is 43.4. The third-order valence-electron chi connectivity index (χ3n) is 5.94. The Labute approximate surface area is 189 Å². The lowest BCUT2D eigenvalue weighted by Gasteiger charge is -2.32. The van der Waals surface area contributed by atoms with E-state index in [9.17, 15) is 14.4 Å². The zero-order chi connectivity index (χ0) is 23.4. The van der Waals surface area contributed by atoms with E-state index in [1.807, 2.05) is 37.3 Å². The van der Waals surface area contributed by atoms with E-state index in [-0.39, 0.29) is 29.9 Å². The summed E-state index contributed by atoms with van der Waals surface area (Å²) in [7, 11) is 0. The van der Waals surface area contributed by atoms with Crippen LogP contribution in [0.15, 0.2) is 30.3 Å². The van der Waals surface area contributed by atoms with Gasteiger partial charge >= 0.3 is 5.97 Å². The molecule has 172 valence electrons. The molecule has 0 unspecified atom stereocenters. The number of ether oxygens (including phenoxy) is 1. The number of rotatable bonds is 6. The molecule has 0 bridgehead atoms. The predicted octanol–water partition coefficient (Wildman–Crippen LogP) is 3.93. The molecule has 2 heterocycles. The Morgan fingerprint density at radius 3 is 2.47 bits per heavy atom. The summed E-state index contributed by atoms with van der Waals surface area (Å²) in [5.41, 5.74) is 3.03. The first kappa shape index (κ1) is 23.6. The summed E-state index contributed by atoms with van der Waals surface area (Å²) in [6.45, 7) is 10.00. The average molecular weight is 440 g/mol. The molecule has 0 saturated carbocycles. The second-order valence-corrected chi connectivity index (χ2v) is 8.81. The van der Waals surface area contributed by atoms with Gasteiger partial charge in [-0.05, 0) is 58.6 Å². The number of hydrogen-bond donors (Lipinski definition) is 2. The van der Waals surface area contributed by atoms with Gasteiger partial charge in [-0.15, -0.1) is 0 Å². The highest BCUT2D eigenvalue weighted by Gasteiger charge is 2.32. The molecule has 0 aliphatic carbocycles. The van der Waals surface area contributed by atoms with Crippen LogP contribution in [0.4, 0.5) is 0 Å². The van der Waals surface area contributed by atoms with Gasteiger partial charge in [-0.25, -0.2) is 4.79 Å². The fourth-order valence-corrected chi connectivity index (χ4v) is 4.23. The smallest absolute Gasteiger partial charge is 0.340 e. The maximum atomic E-state index is 13.3. The van der Waals surface area contributed by atoms with Gasteiger partial charge in [-0.3, -0.25) is 9.59 Å². The highest BCUT2D eigenvalue weighted by molar-refractivity contribution is 6.00. The quantitative estimate of drug-likeness (QED) is 0.667. The van der Waals surface area contributed by atoms with Crippen molar-refractivity contribution in [2.75, 3.05) is 13.1 Å². The largest absolute Gasteiger partial charge is 0.459 e. The van der Waals surface area contributed by atoms with Crippen LogP contribution in [-0.2, 0) is 9.53 Å². The van der Waals surface area contributed by atoms with E-state index in [0.717, 1.165) is 18.4 Å². The van der Waals surface area contributed by atoms with Crippen LogP contribution in [0.1, 0.15) is 77.3 Å². The van der Waals surface area contributed by atoms with Crippen molar-refractivity contribution in [1.29, 1.82) is 0 Å². The number of aryl methyl sites for hydroxylation is 1. The zero-order valence-corrected chi connectivity index (χ0v) is 19.5. The molecule has 2 aromatic rings. The Kier molecular flexibility index (Phi) is 7.38. The predicted molar refractivity (Wildman–Crippen MR) is 122 cm³/mol. The van der Waals surface area contributed by atoms with Crippen LogP contribution in [0.3, 0.4) is 0 Å². The van der Waals surface area contributed by atoms with Crippen LogP contribution in [0.5, 0.6) is 0 Å². The van der Waals surface area contributed by atoms with E-state index in [4.69, 9.17) is 4.74 Å². The number of benzene rings is 1. The fraction of sp³-hybridized carbons (Fsp3) is 0.480. The first-order chi connectivity index (χ1) is 15.2. The molecule has 2 amide bonds. The van der Waals surface area contributed by atoms with Gasteiger partial charge in [0.1, 0.15) is 5.69 Å². The number of nitrogens with one attached hydrogen (secondary N) is 2. The molecule has 1 aliphatic heterocycles. The third kappa shape index (κ3) is 5.21. The number of piperidine rings is 1. The maximum Gasteiger partial charge on any atom is 0.340 e. The van der Waals surface area contributed by atoms with Gasteiger partial charge in [0, 0.05) is 18.8 Å². The van der Waals surface area contributed by atoms with Crippen molar-refractivity contribution in [3.63, 3.8) is 0 Å². The second-order valence-electron chi connectivity index (χ2n) is 8.81. The molecule has 1 saturated heterocycles. The summed E-state index contributed by atoms with van der Waals surface area (Å²) in [6, 6.07) is 9.72. The van der Waals surface area contributed by atoms with Crippen LogP contribution in [-0.4, -0.2) is 46.9 Å². The van der Waals surface area contributed by atoms with Crippen LogP contribution >= 0.6 is 0 Å². The summed E-state index contributed by atoms with van der Waals surface area (Å²) in [5.74, 6) is -0.932. The van der Waals surface area contributed by atoms with Gasteiger partial charge in [-0.1, -0.05) is 30.3 Å². The fourth-order valence-electron chi connectivity index (χ4n) is 4.23. The topological polar surface area (TPSA) is 91.5 Å². The number of amides is 2. The first-order valence-corrected chi connectivity index (χ1v) is 11.2. The van der Waals surface area contributed by atoms with Crippen LogP contribution in [0, 0.1) is 19.8 Å². The van der Waals surface area contributed by atoms with Crippen LogP contribution in [0.2, 0.25) is 0 Å². The van der Waals surface area contributed by atoms with E-state index in [2.05, 4.69) is 10.3 Å². The molecule has 1 aromatic heterocycles. The molecule has 7 heteroatoms. The highest BCUT2D eigenvalue weighted by atomic mass is 16.5. The molecule has 32 heavy (non-hydrogen) atoms. The second kappa shape index (κ2) is 10.0. The van der Waals surface area contributed by atoms with Crippen molar-refractivity contribution >= 4 is 17.8 Å². The number of hydrogen-bond acceptors (Lipinski definition) is 4. The summed E-state index contributed by atoms with van der Waals surface area (Å²) < 4.78 is 5.32. The summed E-state index contributed by atoms with van der Waals surface area (Å²) in [5, 5.41) is 3.08.